The average molecular weight is 250 g/mol. The summed E-state index contributed by atoms with van der Waals surface area (Å²) in [6.07, 6.45) is -6.02. The summed E-state index contributed by atoms with van der Waals surface area (Å²) >= 11 is 0. The van der Waals surface area contributed by atoms with E-state index < -0.39 is 48.0 Å². The van der Waals surface area contributed by atoms with Gasteiger partial charge in [-0.3, -0.25) is 14.9 Å². The fourth-order valence-corrected chi connectivity index (χ4v) is 1.63. The number of carbonyl (C=O) groups excluding carboxylic acids is 1. The largest absolute Gasteiger partial charge is 0.388 e. The Kier molecular flexibility index (Phi) is 4.34. The van der Waals surface area contributed by atoms with Crippen molar-refractivity contribution in [3.63, 3.8) is 0 Å². The van der Waals surface area contributed by atoms with Crippen LogP contribution in [0.2, 0.25) is 0 Å². The molecular weight excluding hydrogens is 236 g/mol. The van der Waals surface area contributed by atoms with E-state index >= 15 is 0 Å². The number of nitrogens with zero attached hydrogens (tertiary/aromatic N) is 1. The highest BCUT2D eigenvalue weighted by Gasteiger charge is 2.46. The van der Waals surface area contributed by atoms with Gasteiger partial charge in [0.25, 0.3) is 0 Å². The maximum atomic E-state index is 10.8. The van der Waals surface area contributed by atoms with Crippen molar-refractivity contribution >= 4 is 5.91 Å². The Hall–Kier alpha value is -1.29. The third-order valence-electron chi connectivity index (χ3n) is 2.42. The maximum absolute atomic E-state index is 10.8. The van der Waals surface area contributed by atoms with Crippen LogP contribution in [0.3, 0.4) is 0 Å². The molecule has 1 aliphatic rings. The van der Waals surface area contributed by atoms with E-state index in [4.69, 9.17) is 4.74 Å². The summed E-state index contributed by atoms with van der Waals surface area (Å²) in [7, 11) is 0. The molecular formula is C8H14N2O7. The number of nitrogens with one attached hydrogen (secondary N) is 1. The van der Waals surface area contributed by atoms with Crippen LogP contribution in [0.15, 0.2) is 0 Å². The first-order valence-electron chi connectivity index (χ1n) is 4.91. The topological polar surface area (TPSA) is 142 Å². The molecule has 0 radical (unpaired) electrons. The molecule has 1 unspecified atom stereocenters. The Morgan fingerprint density at radius 1 is 1.41 bits per heavy atom. The molecule has 0 aromatic carbocycles. The highest BCUT2D eigenvalue weighted by Crippen LogP contribution is 2.20. The number of nitro groups is 1. The van der Waals surface area contributed by atoms with Crippen molar-refractivity contribution in [2.24, 2.45) is 0 Å². The highest BCUT2D eigenvalue weighted by molar-refractivity contribution is 5.73. The molecule has 0 bridgehead atoms. The molecule has 1 heterocycles. The summed E-state index contributed by atoms with van der Waals surface area (Å²) in [6, 6.07) is -1.22. The van der Waals surface area contributed by atoms with Crippen molar-refractivity contribution in [3.8, 4) is 0 Å². The second kappa shape index (κ2) is 5.36. The van der Waals surface area contributed by atoms with Crippen LogP contribution in [0, 0.1) is 10.1 Å². The van der Waals surface area contributed by atoms with Gasteiger partial charge in [0, 0.05) is 11.8 Å². The van der Waals surface area contributed by atoms with Crippen molar-refractivity contribution < 1.29 is 29.8 Å². The lowest BCUT2D eigenvalue weighted by Gasteiger charge is -2.39. The zero-order valence-electron chi connectivity index (χ0n) is 9.02. The minimum Gasteiger partial charge on any atom is -0.388 e. The number of hydrogen-bond donors (Lipinski definition) is 4. The first-order valence-corrected chi connectivity index (χ1v) is 4.91. The summed E-state index contributed by atoms with van der Waals surface area (Å²) in [5, 5.41) is 41.1. The Morgan fingerprint density at radius 3 is 2.47 bits per heavy atom. The second-order valence-corrected chi connectivity index (χ2v) is 3.79. The normalized spacial score (nSPS) is 37.5. The molecule has 9 nitrogen and oxygen atoms in total. The summed E-state index contributed by atoms with van der Waals surface area (Å²) < 4.78 is 4.78. The molecule has 1 fully saturated rings. The van der Waals surface area contributed by atoms with Crippen LogP contribution in [0.5, 0.6) is 0 Å². The van der Waals surface area contributed by atoms with E-state index in [0.29, 0.717) is 0 Å². The molecule has 9 heteroatoms. The van der Waals surface area contributed by atoms with Gasteiger partial charge in [0.2, 0.25) is 12.5 Å². The molecule has 1 rings (SSSR count). The number of rotatable bonds is 3. The molecule has 0 aromatic rings. The van der Waals surface area contributed by atoms with Gasteiger partial charge in [-0.1, -0.05) is 0 Å². The zero-order valence-corrected chi connectivity index (χ0v) is 9.02. The molecule has 1 amide bonds. The minimum absolute atomic E-state index is 0.531. The highest BCUT2D eigenvalue weighted by atomic mass is 16.6. The Labute approximate surface area is 96.1 Å². The molecule has 0 spiro atoms. The lowest BCUT2D eigenvalue weighted by Crippen LogP contribution is -2.64. The predicted molar refractivity (Wildman–Crippen MR) is 52.4 cm³/mol. The first kappa shape index (κ1) is 13.8. The van der Waals surface area contributed by atoms with Gasteiger partial charge in [-0.05, 0) is 0 Å². The third kappa shape index (κ3) is 3.33. The van der Waals surface area contributed by atoms with Crippen LogP contribution in [0.1, 0.15) is 6.92 Å². The van der Waals surface area contributed by atoms with E-state index in [2.05, 4.69) is 5.32 Å². The molecule has 0 aromatic heterocycles. The van der Waals surface area contributed by atoms with Crippen molar-refractivity contribution in [3.05, 3.63) is 10.1 Å². The molecule has 17 heavy (non-hydrogen) atoms. The van der Waals surface area contributed by atoms with E-state index in [-0.39, 0.29) is 0 Å². The molecule has 0 saturated carbocycles. The standard InChI is InChI=1S/C8H14N2O7/c1-3(11)9-5-7(13)6(12)4(2-10(15)16)17-8(5)14/h4-8,12-14H,2H2,1H3,(H,9,11)/t4-,5-,6-,7-,8?/m1/s1. The minimum atomic E-state index is -1.61. The van der Waals surface area contributed by atoms with Gasteiger partial charge in [-0.2, -0.15) is 0 Å². The Bertz CT molecular complexity index is 310. The fourth-order valence-electron chi connectivity index (χ4n) is 1.63. The van der Waals surface area contributed by atoms with Gasteiger partial charge in [-0.25, -0.2) is 0 Å². The second-order valence-electron chi connectivity index (χ2n) is 3.79. The van der Waals surface area contributed by atoms with Crippen LogP contribution in [-0.4, -0.2) is 63.3 Å². The monoisotopic (exact) mass is 250 g/mol. The number of ether oxygens (including phenoxy) is 1. The average Bonchev–Trinajstić information content (AvgIpc) is 2.20. The van der Waals surface area contributed by atoms with Gasteiger partial charge in [0.15, 0.2) is 12.4 Å². The van der Waals surface area contributed by atoms with Crippen molar-refractivity contribution in [1.82, 2.24) is 5.32 Å². The van der Waals surface area contributed by atoms with Crippen molar-refractivity contribution in [1.29, 1.82) is 0 Å². The first-order chi connectivity index (χ1) is 7.82. The third-order valence-corrected chi connectivity index (χ3v) is 2.42. The molecule has 4 N–H and O–H groups in total. The predicted octanol–water partition coefficient (Wildman–Crippen LogP) is -2.79. The lowest BCUT2D eigenvalue weighted by molar-refractivity contribution is -0.500. The maximum Gasteiger partial charge on any atom is 0.232 e. The van der Waals surface area contributed by atoms with E-state index in [1.807, 2.05) is 0 Å². The van der Waals surface area contributed by atoms with Gasteiger partial charge in [0.1, 0.15) is 18.2 Å². The number of hydrogen-bond acceptors (Lipinski definition) is 7. The molecule has 1 saturated heterocycles. The van der Waals surface area contributed by atoms with Crippen LogP contribution < -0.4 is 5.32 Å². The van der Waals surface area contributed by atoms with E-state index in [9.17, 15) is 30.2 Å². The number of aliphatic hydroxyl groups is 3. The summed E-state index contributed by atoms with van der Waals surface area (Å²) in [5.74, 6) is -0.531. The number of carbonyl (C=O) groups is 1. The fraction of sp³-hybridized carbons (Fsp3) is 0.875. The Balaban J connectivity index is 2.72. The van der Waals surface area contributed by atoms with Crippen LogP contribution in [0.25, 0.3) is 0 Å². The summed E-state index contributed by atoms with van der Waals surface area (Å²) in [6.45, 7) is 0.414. The SMILES string of the molecule is CC(=O)N[C@H]1C(O)O[C@H](C[N+](=O)[O-])[C@@H](O)[C@@H]1O. The van der Waals surface area contributed by atoms with Crippen LogP contribution in [-0.2, 0) is 9.53 Å². The van der Waals surface area contributed by atoms with Crippen LogP contribution >= 0.6 is 0 Å². The van der Waals surface area contributed by atoms with Gasteiger partial charge in [-0.15, -0.1) is 0 Å². The van der Waals surface area contributed by atoms with Gasteiger partial charge < -0.3 is 25.4 Å². The van der Waals surface area contributed by atoms with Crippen molar-refractivity contribution in [2.75, 3.05) is 6.54 Å². The van der Waals surface area contributed by atoms with Crippen LogP contribution in [0.4, 0.5) is 0 Å². The Morgan fingerprint density at radius 2 is 2.00 bits per heavy atom. The van der Waals surface area contributed by atoms with E-state index in [0.717, 1.165) is 6.92 Å². The summed E-state index contributed by atoms with van der Waals surface area (Å²) in [4.78, 5) is 20.3. The summed E-state index contributed by atoms with van der Waals surface area (Å²) in [5.41, 5.74) is 0. The molecule has 1 aliphatic heterocycles. The van der Waals surface area contributed by atoms with Gasteiger partial charge >= 0.3 is 0 Å². The smallest absolute Gasteiger partial charge is 0.232 e. The molecule has 98 valence electrons. The quantitative estimate of drug-likeness (QED) is 0.313. The van der Waals surface area contributed by atoms with E-state index in [1.165, 1.54) is 0 Å². The number of aliphatic hydroxyl groups excluding tert-OH is 3. The zero-order chi connectivity index (χ0) is 13.2. The lowest BCUT2D eigenvalue weighted by atomic mass is 9.97. The molecule has 5 atom stereocenters. The van der Waals surface area contributed by atoms with Gasteiger partial charge in [0.05, 0.1) is 0 Å². The van der Waals surface area contributed by atoms with Crippen molar-refractivity contribution in [2.45, 2.75) is 37.6 Å². The number of amides is 1. The van der Waals surface area contributed by atoms with E-state index in [1.54, 1.807) is 0 Å². The molecule has 0 aliphatic carbocycles.